The van der Waals surface area contributed by atoms with Gasteiger partial charge in [0.25, 0.3) is 5.69 Å². The Hall–Kier alpha value is -2.96. The Morgan fingerprint density at radius 1 is 1.30 bits per heavy atom. The van der Waals surface area contributed by atoms with Gasteiger partial charge in [0.15, 0.2) is 0 Å². The normalized spacial score (nSPS) is 12.2. The molecule has 0 saturated carbocycles. The first-order chi connectivity index (χ1) is 11.1. The number of hydrogen-bond acceptors (Lipinski definition) is 5. The maximum atomic E-state index is 11.1. The quantitative estimate of drug-likeness (QED) is 0.558. The summed E-state index contributed by atoms with van der Waals surface area (Å²) in [5.74, 6) is 0.363. The molecule has 0 aliphatic rings. The minimum atomic E-state index is -0.381. The molecule has 0 aliphatic heterocycles. The van der Waals surface area contributed by atoms with Gasteiger partial charge < -0.3 is 5.32 Å². The number of aromatic nitrogens is 3. The fourth-order valence-corrected chi connectivity index (χ4v) is 2.57. The Bertz CT molecular complexity index is 816. The van der Waals surface area contributed by atoms with E-state index in [-0.39, 0.29) is 10.6 Å². The highest BCUT2D eigenvalue weighted by molar-refractivity contribution is 5.99. The lowest BCUT2D eigenvalue weighted by Gasteiger charge is -2.15. The first kappa shape index (κ1) is 15.0. The van der Waals surface area contributed by atoms with Crippen molar-refractivity contribution in [3.05, 3.63) is 59.2 Å². The summed E-state index contributed by atoms with van der Waals surface area (Å²) in [5, 5.41) is 20.0. The van der Waals surface area contributed by atoms with Crippen LogP contribution in [-0.2, 0) is 6.54 Å². The summed E-state index contributed by atoms with van der Waals surface area (Å²) in [6.07, 6.45) is 6.87. The summed E-state index contributed by atoms with van der Waals surface area (Å²) >= 11 is 0. The van der Waals surface area contributed by atoms with E-state index >= 15 is 0 Å². The molecule has 0 spiro atoms. The Morgan fingerprint density at radius 2 is 2.17 bits per heavy atom. The Labute approximate surface area is 133 Å². The third-order valence-electron chi connectivity index (χ3n) is 3.69. The average Bonchev–Trinajstić information content (AvgIpc) is 3.05. The second-order valence-corrected chi connectivity index (χ2v) is 5.52. The molecule has 3 aromatic rings. The number of anilines is 1. The maximum Gasteiger partial charge on any atom is 0.278 e. The van der Waals surface area contributed by atoms with Gasteiger partial charge in [0.2, 0.25) is 0 Å². The van der Waals surface area contributed by atoms with Crippen molar-refractivity contribution in [1.29, 1.82) is 0 Å². The largest absolute Gasteiger partial charge is 0.384 e. The molecular formula is C16H17N5O2. The highest BCUT2D eigenvalue weighted by Gasteiger charge is 2.14. The number of nitro benzene ring substituents is 1. The van der Waals surface area contributed by atoms with Gasteiger partial charge in [-0.25, -0.2) is 0 Å². The number of hydrogen-bond donors (Lipinski definition) is 1. The molecule has 2 heterocycles. The van der Waals surface area contributed by atoms with Crippen molar-refractivity contribution in [1.82, 2.24) is 14.8 Å². The van der Waals surface area contributed by atoms with Crippen molar-refractivity contribution < 1.29 is 4.92 Å². The SMILES string of the molecule is C[C@H](CNc1ccc([N+](=O)[O-])c2cnccc12)Cn1cccn1. The Balaban J connectivity index is 1.78. The summed E-state index contributed by atoms with van der Waals surface area (Å²) in [6, 6.07) is 6.96. The zero-order valence-corrected chi connectivity index (χ0v) is 12.7. The molecule has 118 valence electrons. The fourth-order valence-electron chi connectivity index (χ4n) is 2.57. The van der Waals surface area contributed by atoms with E-state index < -0.39 is 0 Å². The van der Waals surface area contributed by atoms with Crippen LogP contribution in [0.2, 0.25) is 0 Å². The minimum absolute atomic E-state index is 0.0724. The summed E-state index contributed by atoms with van der Waals surface area (Å²) in [6.45, 7) is 3.69. The van der Waals surface area contributed by atoms with Crippen LogP contribution in [0, 0.1) is 16.0 Å². The number of fused-ring (bicyclic) bond motifs is 1. The summed E-state index contributed by atoms with van der Waals surface area (Å²) in [4.78, 5) is 14.7. The Morgan fingerprint density at radius 3 is 2.91 bits per heavy atom. The van der Waals surface area contributed by atoms with Gasteiger partial charge in [-0.3, -0.25) is 19.8 Å². The van der Waals surface area contributed by atoms with E-state index in [0.717, 1.165) is 24.2 Å². The van der Waals surface area contributed by atoms with Crippen LogP contribution in [0.1, 0.15) is 6.92 Å². The summed E-state index contributed by atoms with van der Waals surface area (Å²) in [7, 11) is 0. The van der Waals surface area contributed by atoms with Crippen molar-refractivity contribution >= 4 is 22.1 Å². The van der Waals surface area contributed by atoms with Crippen LogP contribution in [0.4, 0.5) is 11.4 Å². The number of nitrogens with one attached hydrogen (secondary N) is 1. The molecule has 0 unspecified atom stereocenters. The molecule has 0 amide bonds. The number of rotatable bonds is 6. The van der Waals surface area contributed by atoms with Gasteiger partial charge in [-0.15, -0.1) is 0 Å². The number of nitrogens with zero attached hydrogens (tertiary/aromatic N) is 4. The smallest absolute Gasteiger partial charge is 0.278 e. The molecule has 23 heavy (non-hydrogen) atoms. The van der Waals surface area contributed by atoms with Crippen molar-refractivity contribution in [3.63, 3.8) is 0 Å². The molecule has 7 heteroatoms. The molecule has 0 saturated heterocycles. The van der Waals surface area contributed by atoms with Crippen LogP contribution >= 0.6 is 0 Å². The number of pyridine rings is 1. The zero-order valence-electron chi connectivity index (χ0n) is 12.7. The second kappa shape index (κ2) is 6.43. The summed E-state index contributed by atoms with van der Waals surface area (Å²) in [5.41, 5.74) is 0.948. The van der Waals surface area contributed by atoms with E-state index in [4.69, 9.17) is 0 Å². The topological polar surface area (TPSA) is 85.9 Å². The van der Waals surface area contributed by atoms with E-state index in [1.165, 1.54) is 12.3 Å². The van der Waals surface area contributed by atoms with Crippen LogP contribution in [-0.4, -0.2) is 26.2 Å². The van der Waals surface area contributed by atoms with E-state index in [0.29, 0.717) is 11.3 Å². The van der Waals surface area contributed by atoms with E-state index in [2.05, 4.69) is 22.3 Å². The molecule has 1 atom stereocenters. The van der Waals surface area contributed by atoms with Crippen LogP contribution in [0.5, 0.6) is 0 Å². The fraction of sp³-hybridized carbons (Fsp3) is 0.250. The van der Waals surface area contributed by atoms with E-state index in [9.17, 15) is 10.1 Å². The van der Waals surface area contributed by atoms with Crippen LogP contribution in [0.15, 0.2) is 49.1 Å². The third kappa shape index (κ3) is 3.28. The van der Waals surface area contributed by atoms with Crippen molar-refractivity contribution in [2.45, 2.75) is 13.5 Å². The number of benzene rings is 1. The molecule has 0 aliphatic carbocycles. The van der Waals surface area contributed by atoms with Crippen LogP contribution < -0.4 is 5.32 Å². The molecular weight excluding hydrogens is 294 g/mol. The van der Waals surface area contributed by atoms with Gasteiger partial charge in [0.1, 0.15) is 0 Å². The van der Waals surface area contributed by atoms with Gasteiger partial charge in [-0.2, -0.15) is 5.10 Å². The molecule has 1 aromatic carbocycles. The minimum Gasteiger partial charge on any atom is -0.384 e. The first-order valence-electron chi connectivity index (χ1n) is 7.37. The van der Waals surface area contributed by atoms with Gasteiger partial charge in [-0.1, -0.05) is 6.92 Å². The van der Waals surface area contributed by atoms with Crippen molar-refractivity contribution in [2.75, 3.05) is 11.9 Å². The maximum absolute atomic E-state index is 11.1. The summed E-state index contributed by atoms with van der Waals surface area (Å²) < 4.78 is 1.89. The van der Waals surface area contributed by atoms with Gasteiger partial charge in [0, 0.05) is 55.0 Å². The van der Waals surface area contributed by atoms with E-state index in [1.54, 1.807) is 24.5 Å². The highest BCUT2D eigenvalue weighted by Crippen LogP contribution is 2.30. The predicted molar refractivity (Wildman–Crippen MR) is 88.3 cm³/mol. The van der Waals surface area contributed by atoms with Gasteiger partial charge >= 0.3 is 0 Å². The lowest BCUT2D eigenvalue weighted by molar-refractivity contribution is -0.383. The standard InChI is InChI=1S/C16H17N5O2/c1-12(11-20-8-2-6-19-20)9-18-15-3-4-16(21(22)23)14-10-17-7-5-13(14)15/h2-8,10,12,18H,9,11H2,1H3/t12-/m1/s1. The number of nitro groups is 1. The second-order valence-electron chi connectivity index (χ2n) is 5.52. The van der Waals surface area contributed by atoms with Gasteiger partial charge in [0.05, 0.1) is 10.3 Å². The Kier molecular flexibility index (Phi) is 4.18. The molecule has 1 N–H and O–H groups in total. The van der Waals surface area contributed by atoms with Crippen molar-refractivity contribution in [3.8, 4) is 0 Å². The van der Waals surface area contributed by atoms with Crippen molar-refractivity contribution in [2.24, 2.45) is 5.92 Å². The molecule has 2 aromatic heterocycles. The van der Waals surface area contributed by atoms with E-state index in [1.807, 2.05) is 16.9 Å². The average molecular weight is 311 g/mol. The highest BCUT2D eigenvalue weighted by atomic mass is 16.6. The molecule has 0 bridgehead atoms. The lowest BCUT2D eigenvalue weighted by Crippen LogP contribution is -2.17. The molecule has 3 rings (SSSR count). The lowest BCUT2D eigenvalue weighted by atomic mass is 10.1. The third-order valence-corrected chi connectivity index (χ3v) is 3.69. The molecule has 0 fully saturated rings. The number of non-ortho nitro benzene ring substituents is 1. The predicted octanol–water partition coefficient (Wildman–Crippen LogP) is 3.09. The molecule has 7 nitrogen and oxygen atoms in total. The zero-order chi connectivity index (χ0) is 16.2. The van der Waals surface area contributed by atoms with Gasteiger partial charge in [-0.05, 0) is 24.1 Å². The first-order valence-corrected chi connectivity index (χ1v) is 7.37. The monoisotopic (exact) mass is 311 g/mol. The van der Waals surface area contributed by atoms with Crippen LogP contribution in [0.3, 0.4) is 0 Å². The van der Waals surface area contributed by atoms with Crippen LogP contribution in [0.25, 0.3) is 10.8 Å². The molecule has 0 radical (unpaired) electrons.